The molecule has 1 rings (SSSR count). The van der Waals surface area contributed by atoms with Crippen LogP contribution in [-0.2, 0) is 0 Å². The molecule has 1 atom stereocenters. The molecule has 0 saturated heterocycles. The number of hydrogen-bond acceptors (Lipinski definition) is 2. The molecule has 0 radical (unpaired) electrons. The summed E-state index contributed by atoms with van der Waals surface area (Å²) in [5.41, 5.74) is 0.872. The van der Waals surface area contributed by atoms with Gasteiger partial charge < -0.3 is 9.84 Å². The van der Waals surface area contributed by atoms with Gasteiger partial charge >= 0.3 is 0 Å². The van der Waals surface area contributed by atoms with Crippen LogP contribution >= 0.6 is 0 Å². The summed E-state index contributed by atoms with van der Waals surface area (Å²) in [5.74, 6) is 1.25. The minimum Gasteiger partial charge on any atom is -0.504 e. The molecular formula is C14H22O2. The topological polar surface area (TPSA) is 29.5 Å². The Balaban J connectivity index is 2.92. The second-order valence-corrected chi connectivity index (χ2v) is 5.25. The number of phenols is 1. The fourth-order valence-electron chi connectivity index (χ4n) is 1.49. The van der Waals surface area contributed by atoms with E-state index in [1.165, 1.54) is 0 Å². The van der Waals surface area contributed by atoms with Crippen LogP contribution in [0.4, 0.5) is 0 Å². The summed E-state index contributed by atoms with van der Waals surface area (Å²) in [5, 5.41) is 9.87. The fraction of sp³-hybridized carbons (Fsp3) is 0.571. The molecule has 0 spiro atoms. The van der Waals surface area contributed by atoms with Crippen molar-refractivity contribution in [2.24, 2.45) is 0 Å². The van der Waals surface area contributed by atoms with Gasteiger partial charge in [0.25, 0.3) is 0 Å². The maximum Gasteiger partial charge on any atom is 0.161 e. The average Bonchev–Trinajstić information content (AvgIpc) is 2.18. The van der Waals surface area contributed by atoms with Gasteiger partial charge in [-0.3, -0.25) is 0 Å². The second-order valence-electron chi connectivity index (χ2n) is 5.25. The average molecular weight is 222 g/mol. The molecule has 0 aromatic heterocycles. The van der Waals surface area contributed by atoms with Crippen molar-refractivity contribution in [1.82, 2.24) is 0 Å². The fourth-order valence-corrected chi connectivity index (χ4v) is 1.49. The molecule has 0 aliphatic carbocycles. The largest absolute Gasteiger partial charge is 0.504 e. The molecule has 0 bridgehead atoms. The van der Waals surface area contributed by atoms with Crippen LogP contribution in [-0.4, -0.2) is 10.7 Å². The second kappa shape index (κ2) is 4.77. The van der Waals surface area contributed by atoms with Gasteiger partial charge in [0.2, 0.25) is 0 Å². The van der Waals surface area contributed by atoms with Gasteiger partial charge in [0, 0.05) is 0 Å². The van der Waals surface area contributed by atoms with Gasteiger partial charge in [-0.25, -0.2) is 0 Å². The van der Waals surface area contributed by atoms with E-state index in [2.05, 4.69) is 13.8 Å². The molecule has 1 N–H and O–H groups in total. The summed E-state index contributed by atoms with van der Waals surface area (Å²) in [6.07, 6.45) is 1.07. The van der Waals surface area contributed by atoms with Gasteiger partial charge in [0.15, 0.2) is 11.5 Å². The van der Waals surface area contributed by atoms with Crippen LogP contribution in [0.2, 0.25) is 0 Å². The van der Waals surface area contributed by atoms with E-state index in [-0.39, 0.29) is 11.4 Å². The third kappa shape index (κ3) is 3.44. The molecule has 1 aromatic carbocycles. The van der Waals surface area contributed by atoms with E-state index in [1.54, 1.807) is 6.07 Å². The van der Waals surface area contributed by atoms with Crippen LogP contribution in [0.25, 0.3) is 0 Å². The van der Waals surface area contributed by atoms with E-state index < -0.39 is 0 Å². The monoisotopic (exact) mass is 222 g/mol. The Morgan fingerprint density at radius 3 is 2.38 bits per heavy atom. The Hall–Kier alpha value is -1.18. The Labute approximate surface area is 98.3 Å². The Morgan fingerprint density at radius 1 is 1.31 bits per heavy atom. The normalized spacial score (nSPS) is 13.6. The zero-order valence-corrected chi connectivity index (χ0v) is 10.9. The molecule has 0 aliphatic heterocycles. The number of ether oxygens (including phenoxy) is 1. The lowest BCUT2D eigenvalue weighted by molar-refractivity contribution is 0.126. The molecule has 0 aliphatic rings. The van der Waals surface area contributed by atoms with Crippen LogP contribution in [0.5, 0.6) is 11.5 Å². The number of hydrogen-bond donors (Lipinski definition) is 1. The van der Waals surface area contributed by atoms with Crippen LogP contribution in [0.3, 0.4) is 0 Å². The van der Waals surface area contributed by atoms with Crippen LogP contribution in [0.1, 0.15) is 52.5 Å². The molecule has 2 heteroatoms. The van der Waals surface area contributed by atoms with Crippen molar-refractivity contribution in [2.45, 2.75) is 52.6 Å². The van der Waals surface area contributed by atoms with Crippen LogP contribution in [0.15, 0.2) is 18.2 Å². The van der Waals surface area contributed by atoms with Gasteiger partial charge in [-0.15, -0.1) is 0 Å². The lowest BCUT2D eigenvalue weighted by Gasteiger charge is -2.22. The maximum atomic E-state index is 9.87. The summed E-state index contributed by atoms with van der Waals surface area (Å²) in [6.45, 7) is 10.2. The quantitative estimate of drug-likeness (QED) is 0.835. The highest BCUT2D eigenvalue weighted by molar-refractivity contribution is 5.43. The smallest absolute Gasteiger partial charge is 0.161 e. The summed E-state index contributed by atoms with van der Waals surface area (Å²) < 4.78 is 5.65. The van der Waals surface area contributed by atoms with Gasteiger partial charge in [-0.05, 0) is 50.8 Å². The molecule has 16 heavy (non-hydrogen) atoms. The lowest BCUT2D eigenvalue weighted by Crippen LogP contribution is -2.23. The molecular weight excluding hydrogens is 200 g/mol. The lowest BCUT2D eigenvalue weighted by atomic mass is 9.98. The van der Waals surface area contributed by atoms with Gasteiger partial charge in [-0.1, -0.05) is 19.9 Å². The first kappa shape index (κ1) is 12.9. The highest BCUT2D eigenvalue weighted by atomic mass is 16.5. The van der Waals surface area contributed by atoms with Gasteiger partial charge in [0.05, 0.1) is 0 Å². The Kier molecular flexibility index (Phi) is 3.84. The first-order valence-electron chi connectivity index (χ1n) is 5.85. The molecule has 90 valence electrons. The number of benzene rings is 1. The van der Waals surface area contributed by atoms with Crippen molar-refractivity contribution in [2.75, 3.05) is 0 Å². The number of phenolic OH excluding ortho intramolecular Hbond substituents is 1. The maximum absolute atomic E-state index is 9.87. The standard InChI is InChI=1S/C14H22O2/c1-6-10(2)11-7-8-13(12(15)9-11)16-14(3,4)5/h7-10,15H,6H2,1-5H3. The van der Waals surface area contributed by atoms with Gasteiger partial charge in [-0.2, -0.15) is 0 Å². The minimum absolute atomic E-state index is 0.229. The van der Waals surface area contributed by atoms with Crippen molar-refractivity contribution in [3.63, 3.8) is 0 Å². The molecule has 1 aromatic rings. The third-order valence-corrected chi connectivity index (χ3v) is 2.58. The molecule has 2 nitrogen and oxygen atoms in total. The zero-order valence-electron chi connectivity index (χ0n) is 10.9. The van der Waals surface area contributed by atoms with E-state index in [4.69, 9.17) is 4.74 Å². The van der Waals surface area contributed by atoms with E-state index in [0.717, 1.165) is 12.0 Å². The highest BCUT2D eigenvalue weighted by Crippen LogP contribution is 2.32. The number of aromatic hydroxyl groups is 1. The van der Waals surface area contributed by atoms with E-state index >= 15 is 0 Å². The molecule has 1 unspecified atom stereocenters. The Bertz CT molecular complexity index is 350. The minimum atomic E-state index is -0.282. The summed E-state index contributed by atoms with van der Waals surface area (Å²) in [4.78, 5) is 0. The predicted octanol–water partition coefficient (Wildman–Crippen LogP) is 4.08. The summed E-state index contributed by atoms with van der Waals surface area (Å²) >= 11 is 0. The van der Waals surface area contributed by atoms with Crippen LogP contribution in [0, 0.1) is 0 Å². The van der Waals surface area contributed by atoms with Crippen molar-refractivity contribution >= 4 is 0 Å². The van der Waals surface area contributed by atoms with Crippen molar-refractivity contribution < 1.29 is 9.84 Å². The predicted molar refractivity (Wildman–Crippen MR) is 67.2 cm³/mol. The molecule has 0 saturated carbocycles. The molecule has 0 heterocycles. The Morgan fingerprint density at radius 2 is 1.94 bits per heavy atom. The zero-order chi connectivity index (χ0) is 12.3. The van der Waals surface area contributed by atoms with E-state index in [9.17, 15) is 5.11 Å². The van der Waals surface area contributed by atoms with E-state index in [0.29, 0.717) is 11.7 Å². The first-order chi connectivity index (χ1) is 7.33. The third-order valence-electron chi connectivity index (χ3n) is 2.58. The molecule has 0 fully saturated rings. The van der Waals surface area contributed by atoms with Crippen molar-refractivity contribution in [1.29, 1.82) is 0 Å². The van der Waals surface area contributed by atoms with Crippen LogP contribution < -0.4 is 4.74 Å². The number of rotatable bonds is 3. The van der Waals surface area contributed by atoms with Gasteiger partial charge in [0.1, 0.15) is 5.60 Å². The van der Waals surface area contributed by atoms with Crippen molar-refractivity contribution in [3.8, 4) is 11.5 Å². The SMILES string of the molecule is CCC(C)c1ccc(OC(C)(C)C)c(O)c1. The molecule has 0 amide bonds. The summed E-state index contributed by atoms with van der Waals surface area (Å²) in [7, 11) is 0. The summed E-state index contributed by atoms with van der Waals surface area (Å²) in [6, 6.07) is 5.67. The van der Waals surface area contributed by atoms with Crippen molar-refractivity contribution in [3.05, 3.63) is 23.8 Å². The highest BCUT2D eigenvalue weighted by Gasteiger charge is 2.15. The van der Waals surface area contributed by atoms with E-state index in [1.807, 2.05) is 32.9 Å². The first-order valence-corrected chi connectivity index (χ1v) is 5.85.